The summed E-state index contributed by atoms with van der Waals surface area (Å²) in [5.41, 5.74) is 0.182. The SMILES string of the molecule is COCC(C)(C)NS(=O)(=O)c1cccc(C(=O)Nc2ccc(F)c(C)c2)c1. The third-order valence-corrected chi connectivity index (χ3v) is 5.43. The summed E-state index contributed by atoms with van der Waals surface area (Å²) in [5.74, 6) is -0.861. The molecule has 8 heteroatoms. The van der Waals surface area contributed by atoms with Crippen molar-refractivity contribution in [3.63, 3.8) is 0 Å². The van der Waals surface area contributed by atoms with E-state index < -0.39 is 21.5 Å². The maximum Gasteiger partial charge on any atom is 0.255 e. The Morgan fingerprint density at radius 2 is 1.89 bits per heavy atom. The minimum atomic E-state index is -3.84. The lowest BCUT2D eigenvalue weighted by Crippen LogP contribution is -2.46. The first-order chi connectivity index (χ1) is 12.5. The van der Waals surface area contributed by atoms with Crippen LogP contribution in [-0.2, 0) is 14.8 Å². The molecule has 0 unspecified atom stereocenters. The zero-order valence-corrected chi connectivity index (χ0v) is 16.5. The van der Waals surface area contributed by atoms with Crippen molar-refractivity contribution in [2.45, 2.75) is 31.2 Å². The first-order valence-electron chi connectivity index (χ1n) is 8.24. The largest absolute Gasteiger partial charge is 0.383 e. The molecule has 146 valence electrons. The van der Waals surface area contributed by atoms with E-state index in [1.54, 1.807) is 20.8 Å². The van der Waals surface area contributed by atoms with E-state index in [-0.39, 0.29) is 22.9 Å². The fraction of sp³-hybridized carbons (Fsp3) is 0.316. The summed E-state index contributed by atoms with van der Waals surface area (Å²) in [6, 6.07) is 9.89. The van der Waals surface area contributed by atoms with Gasteiger partial charge in [-0.1, -0.05) is 6.07 Å². The Morgan fingerprint density at radius 3 is 2.52 bits per heavy atom. The lowest BCUT2D eigenvalue weighted by molar-refractivity contribution is 0.102. The van der Waals surface area contributed by atoms with Crippen LogP contribution in [-0.4, -0.2) is 33.6 Å². The molecule has 0 aliphatic rings. The highest BCUT2D eigenvalue weighted by Gasteiger charge is 2.26. The predicted molar refractivity (Wildman–Crippen MR) is 102 cm³/mol. The Labute approximate surface area is 158 Å². The third-order valence-electron chi connectivity index (χ3n) is 3.74. The number of ether oxygens (including phenoxy) is 1. The Morgan fingerprint density at radius 1 is 1.19 bits per heavy atom. The van der Waals surface area contributed by atoms with Crippen LogP contribution in [0.1, 0.15) is 29.8 Å². The van der Waals surface area contributed by atoms with Gasteiger partial charge in [-0.3, -0.25) is 4.79 Å². The standard InChI is InChI=1S/C19H23FN2O4S/c1-13-10-15(8-9-17(13)20)21-18(23)14-6-5-7-16(11-14)27(24,25)22-19(2,3)12-26-4/h5-11,22H,12H2,1-4H3,(H,21,23). The van der Waals surface area contributed by atoms with E-state index in [0.29, 0.717) is 11.3 Å². The number of carbonyl (C=O) groups excluding carboxylic acids is 1. The number of sulfonamides is 1. The van der Waals surface area contributed by atoms with Gasteiger partial charge in [0.25, 0.3) is 5.91 Å². The normalized spacial score (nSPS) is 12.0. The van der Waals surface area contributed by atoms with Crippen LogP contribution in [0.5, 0.6) is 0 Å². The molecular formula is C19H23FN2O4S. The molecule has 2 aromatic rings. The zero-order valence-electron chi connectivity index (χ0n) is 15.7. The Bertz CT molecular complexity index is 942. The number of aryl methyl sites for hydroxylation is 1. The second-order valence-corrected chi connectivity index (χ2v) is 8.55. The molecule has 0 atom stereocenters. The summed E-state index contributed by atoms with van der Waals surface area (Å²) in [6.45, 7) is 5.17. The van der Waals surface area contributed by atoms with E-state index in [4.69, 9.17) is 4.74 Å². The van der Waals surface area contributed by atoms with Gasteiger partial charge < -0.3 is 10.1 Å². The molecule has 0 aromatic heterocycles. The first-order valence-corrected chi connectivity index (χ1v) is 9.73. The third kappa shape index (κ3) is 5.59. The topological polar surface area (TPSA) is 84.5 Å². The molecule has 0 spiro atoms. The van der Waals surface area contributed by atoms with Crippen molar-refractivity contribution in [1.82, 2.24) is 4.72 Å². The molecule has 1 amide bonds. The Kier molecular flexibility index (Phi) is 6.35. The molecule has 27 heavy (non-hydrogen) atoms. The van der Waals surface area contributed by atoms with Gasteiger partial charge in [0.15, 0.2) is 0 Å². The molecule has 6 nitrogen and oxygen atoms in total. The highest BCUT2D eigenvalue weighted by atomic mass is 32.2. The first kappa shape index (κ1) is 21.0. The summed E-state index contributed by atoms with van der Waals surface area (Å²) < 4.78 is 46.1. The molecule has 0 saturated carbocycles. The van der Waals surface area contributed by atoms with Gasteiger partial charge in [-0.05, 0) is 62.7 Å². The number of benzene rings is 2. The number of hydrogen-bond acceptors (Lipinski definition) is 4. The molecule has 0 heterocycles. The summed E-state index contributed by atoms with van der Waals surface area (Å²) >= 11 is 0. The van der Waals surface area contributed by atoms with Crippen LogP contribution in [0.2, 0.25) is 0 Å². The smallest absolute Gasteiger partial charge is 0.255 e. The number of amides is 1. The highest BCUT2D eigenvalue weighted by molar-refractivity contribution is 7.89. The number of carbonyl (C=O) groups is 1. The number of halogens is 1. The van der Waals surface area contributed by atoms with Crippen molar-refractivity contribution in [2.75, 3.05) is 19.0 Å². The minimum Gasteiger partial charge on any atom is -0.383 e. The number of methoxy groups -OCH3 is 1. The van der Waals surface area contributed by atoms with E-state index in [0.717, 1.165) is 0 Å². The molecule has 0 saturated heterocycles. The van der Waals surface area contributed by atoms with E-state index >= 15 is 0 Å². The van der Waals surface area contributed by atoms with Gasteiger partial charge in [-0.2, -0.15) is 0 Å². The average Bonchev–Trinajstić information content (AvgIpc) is 2.57. The molecular weight excluding hydrogens is 371 g/mol. The van der Waals surface area contributed by atoms with E-state index in [1.165, 1.54) is 49.6 Å². The van der Waals surface area contributed by atoms with Gasteiger partial charge >= 0.3 is 0 Å². The van der Waals surface area contributed by atoms with Gasteiger partial charge in [-0.15, -0.1) is 0 Å². The summed E-state index contributed by atoms with van der Waals surface area (Å²) in [4.78, 5) is 12.4. The second kappa shape index (κ2) is 8.16. The predicted octanol–water partition coefficient (Wildman–Crippen LogP) is 3.09. The number of hydrogen-bond donors (Lipinski definition) is 2. The van der Waals surface area contributed by atoms with Crippen molar-refractivity contribution in [3.8, 4) is 0 Å². The van der Waals surface area contributed by atoms with E-state index in [1.807, 2.05) is 0 Å². The summed E-state index contributed by atoms with van der Waals surface area (Å²) in [5, 5.41) is 2.63. The van der Waals surface area contributed by atoms with Crippen molar-refractivity contribution in [3.05, 3.63) is 59.4 Å². The van der Waals surface area contributed by atoms with Crippen molar-refractivity contribution in [1.29, 1.82) is 0 Å². The quantitative estimate of drug-likeness (QED) is 0.756. The molecule has 0 fully saturated rings. The Balaban J connectivity index is 2.23. The van der Waals surface area contributed by atoms with Gasteiger partial charge in [0, 0.05) is 18.4 Å². The second-order valence-electron chi connectivity index (χ2n) is 6.87. The molecule has 0 bridgehead atoms. The van der Waals surface area contributed by atoms with Crippen molar-refractivity contribution in [2.24, 2.45) is 0 Å². The maximum absolute atomic E-state index is 13.3. The van der Waals surface area contributed by atoms with Gasteiger partial charge in [0.05, 0.1) is 17.0 Å². The molecule has 0 radical (unpaired) electrons. The van der Waals surface area contributed by atoms with Crippen LogP contribution in [0, 0.1) is 12.7 Å². The van der Waals surface area contributed by atoms with E-state index in [2.05, 4.69) is 10.0 Å². The van der Waals surface area contributed by atoms with Crippen LogP contribution >= 0.6 is 0 Å². The Hall–Kier alpha value is -2.29. The van der Waals surface area contributed by atoms with Crippen molar-refractivity contribution < 1.29 is 22.3 Å². The van der Waals surface area contributed by atoms with Crippen LogP contribution < -0.4 is 10.0 Å². The van der Waals surface area contributed by atoms with E-state index in [9.17, 15) is 17.6 Å². The van der Waals surface area contributed by atoms with Crippen LogP contribution in [0.3, 0.4) is 0 Å². The lowest BCUT2D eigenvalue weighted by atomic mass is 10.1. The zero-order chi connectivity index (χ0) is 20.2. The lowest BCUT2D eigenvalue weighted by Gasteiger charge is -2.25. The monoisotopic (exact) mass is 394 g/mol. The molecule has 2 N–H and O–H groups in total. The number of rotatable bonds is 7. The molecule has 2 aromatic carbocycles. The number of nitrogens with one attached hydrogen (secondary N) is 2. The molecule has 2 rings (SSSR count). The van der Waals surface area contributed by atoms with Gasteiger partial charge in [-0.25, -0.2) is 17.5 Å². The summed E-state index contributed by atoms with van der Waals surface area (Å²) in [6.07, 6.45) is 0. The number of anilines is 1. The van der Waals surface area contributed by atoms with Gasteiger partial charge in [0.2, 0.25) is 10.0 Å². The minimum absolute atomic E-state index is 0.0328. The molecule has 0 aliphatic carbocycles. The fourth-order valence-electron chi connectivity index (χ4n) is 2.54. The maximum atomic E-state index is 13.3. The van der Waals surface area contributed by atoms with Crippen LogP contribution in [0.15, 0.2) is 47.4 Å². The average molecular weight is 394 g/mol. The van der Waals surface area contributed by atoms with Gasteiger partial charge in [0.1, 0.15) is 5.82 Å². The van der Waals surface area contributed by atoms with Crippen LogP contribution in [0.25, 0.3) is 0 Å². The molecule has 0 aliphatic heterocycles. The van der Waals surface area contributed by atoms with Crippen molar-refractivity contribution >= 4 is 21.6 Å². The highest BCUT2D eigenvalue weighted by Crippen LogP contribution is 2.18. The summed E-state index contributed by atoms with van der Waals surface area (Å²) in [7, 11) is -2.36. The van der Waals surface area contributed by atoms with Crippen LogP contribution in [0.4, 0.5) is 10.1 Å². The fourth-order valence-corrected chi connectivity index (χ4v) is 3.99.